The van der Waals surface area contributed by atoms with Crippen molar-refractivity contribution < 1.29 is 14.8 Å². The van der Waals surface area contributed by atoms with Crippen LogP contribution in [0.1, 0.15) is 5.69 Å². The molecule has 1 aromatic heterocycles. The lowest BCUT2D eigenvalue weighted by molar-refractivity contribution is -0.385. The largest absolute Gasteiger partial charge is 0.490 e. The zero-order chi connectivity index (χ0) is 13.1. The molecule has 0 aliphatic carbocycles. The van der Waals surface area contributed by atoms with Gasteiger partial charge in [-0.2, -0.15) is 0 Å². The van der Waals surface area contributed by atoms with E-state index in [1.54, 1.807) is 6.07 Å². The highest BCUT2D eigenvalue weighted by Crippen LogP contribution is 2.29. The minimum Gasteiger partial charge on any atom is -0.490 e. The Labute approximate surface area is 102 Å². The molecule has 0 aliphatic rings. The molecule has 0 saturated carbocycles. The average Bonchev–Trinajstić information content (AvgIpc) is 2.86. The van der Waals surface area contributed by atoms with E-state index in [0.717, 1.165) is 0 Å². The van der Waals surface area contributed by atoms with Crippen LogP contribution in [0.3, 0.4) is 0 Å². The molecule has 8 heteroatoms. The first-order chi connectivity index (χ1) is 8.67. The summed E-state index contributed by atoms with van der Waals surface area (Å²) in [5.41, 5.74) is 0.702. The van der Waals surface area contributed by atoms with Gasteiger partial charge in [-0.15, -0.1) is 5.10 Å². The van der Waals surface area contributed by atoms with Gasteiger partial charge in [0.1, 0.15) is 0 Å². The van der Waals surface area contributed by atoms with E-state index in [-0.39, 0.29) is 18.0 Å². The smallest absolute Gasteiger partial charge is 0.313 e. The van der Waals surface area contributed by atoms with E-state index in [1.165, 1.54) is 30.1 Å². The summed E-state index contributed by atoms with van der Waals surface area (Å²) in [6.45, 7) is -0.257. The number of benzene rings is 1. The normalized spacial score (nSPS) is 10.3. The SMILES string of the molecule is COc1ccc(-n2nncc2CO)cc1[N+](=O)[O-]. The maximum absolute atomic E-state index is 10.9. The van der Waals surface area contributed by atoms with Crippen LogP contribution in [-0.2, 0) is 6.61 Å². The van der Waals surface area contributed by atoms with Crippen LogP contribution in [0, 0.1) is 10.1 Å². The molecular formula is C10H10N4O4. The van der Waals surface area contributed by atoms with Crippen LogP contribution in [-0.4, -0.2) is 32.1 Å². The van der Waals surface area contributed by atoms with Crippen LogP contribution >= 0.6 is 0 Å². The number of aliphatic hydroxyl groups is 1. The van der Waals surface area contributed by atoms with Crippen molar-refractivity contribution in [3.8, 4) is 11.4 Å². The summed E-state index contributed by atoms with van der Waals surface area (Å²) < 4.78 is 6.23. The van der Waals surface area contributed by atoms with Gasteiger partial charge in [0, 0.05) is 6.07 Å². The lowest BCUT2D eigenvalue weighted by Gasteiger charge is -2.06. The molecule has 18 heavy (non-hydrogen) atoms. The number of hydrogen-bond acceptors (Lipinski definition) is 6. The molecule has 1 N–H and O–H groups in total. The fourth-order valence-electron chi connectivity index (χ4n) is 1.53. The minimum atomic E-state index is -0.544. The third-order valence-electron chi connectivity index (χ3n) is 2.39. The van der Waals surface area contributed by atoms with E-state index in [4.69, 9.17) is 9.84 Å². The van der Waals surface area contributed by atoms with Gasteiger partial charge >= 0.3 is 5.69 Å². The fourth-order valence-corrected chi connectivity index (χ4v) is 1.53. The van der Waals surface area contributed by atoms with Crippen molar-refractivity contribution in [1.29, 1.82) is 0 Å². The molecule has 0 unspecified atom stereocenters. The molecule has 0 bridgehead atoms. The van der Waals surface area contributed by atoms with Gasteiger partial charge in [-0.05, 0) is 12.1 Å². The van der Waals surface area contributed by atoms with Gasteiger partial charge in [0.15, 0.2) is 5.75 Å². The summed E-state index contributed by atoms with van der Waals surface area (Å²) >= 11 is 0. The van der Waals surface area contributed by atoms with Gasteiger partial charge in [0.2, 0.25) is 0 Å². The Balaban J connectivity index is 2.53. The summed E-state index contributed by atoms with van der Waals surface area (Å²) in [6.07, 6.45) is 1.38. The number of nitro groups is 1. The van der Waals surface area contributed by atoms with Gasteiger partial charge in [0.25, 0.3) is 0 Å². The molecule has 1 heterocycles. The van der Waals surface area contributed by atoms with Crippen molar-refractivity contribution in [2.24, 2.45) is 0 Å². The minimum absolute atomic E-state index is 0.161. The number of methoxy groups -OCH3 is 1. The Morgan fingerprint density at radius 3 is 2.94 bits per heavy atom. The van der Waals surface area contributed by atoms with E-state index >= 15 is 0 Å². The molecule has 0 atom stereocenters. The molecule has 8 nitrogen and oxygen atoms in total. The highest BCUT2D eigenvalue weighted by Gasteiger charge is 2.17. The van der Waals surface area contributed by atoms with Crippen molar-refractivity contribution in [2.75, 3.05) is 7.11 Å². The molecular weight excluding hydrogens is 240 g/mol. The second-order valence-corrected chi connectivity index (χ2v) is 3.41. The quantitative estimate of drug-likeness (QED) is 0.632. The second-order valence-electron chi connectivity index (χ2n) is 3.41. The van der Waals surface area contributed by atoms with Crippen molar-refractivity contribution in [2.45, 2.75) is 6.61 Å². The molecule has 2 rings (SSSR count). The van der Waals surface area contributed by atoms with E-state index in [9.17, 15) is 10.1 Å². The summed E-state index contributed by atoms with van der Waals surface area (Å²) in [6, 6.07) is 4.38. The van der Waals surface area contributed by atoms with Crippen LogP contribution in [0.4, 0.5) is 5.69 Å². The zero-order valence-corrected chi connectivity index (χ0v) is 9.48. The summed E-state index contributed by atoms with van der Waals surface area (Å²) in [5, 5.41) is 27.4. The molecule has 1 aromatic carbocycles. The standard InChI is InChI=1S/C10H10N4O4/c1-18-10-3-2-7(4-9(10)14(16)17)13-8(6-15)5-11-12-13/h2-5,15H,6H2,1H3. The van der Waals surface area contributed by atoms with Crippen molar-refractivity contribution >= 4 is 5.69 Å². The molecule has 94 valence electrons. The van der Waals surface area contributed by atoms with Crippen LogP contribution in [0.5, 0.6) is 5.75 Å². The summed E-state index contributed by atoms with van der Waals surface area (Å²) in [7, 11) is 1.36. The monoisotopic (exact) mass is 250 g/mol. The highest BCUT2D eigenvalue weighted by atomic mass is 16.6. The first kappa shape index (κ1) is 12.0. The Morgan fingerprint density at radius 2 is 2.33 bits per heavy atom. The maximum atomic E-state index is 10.9. The van der Waals surface area contributed by atoms with E-state index in [0.29, 0.717) is 11.4 Å². The zero-order valence-electron chi connectivity index (χ0n) is 9.48. The predicted octanol–water partition coefficient (Wildman–Crippen LogP) is 0.676. The number of ether oxygens (including phenoxy) is 1. The average molecular weight is 250 g/mol. The van der Waals surface area contributed by atoms with Gasteiger partial charge in [-0.3, -0.25) is 10.1 Å². The van der Waals surface area contributed by atoms with E-state index in [1.807, 2.05) is 0 Å². The summed E-state index contributed by atoms with van der Waals surface area (Å²) in [4.78, 5) is 10.3. The Hall–Kier alpha value is -2.48. The predicted molar refractivity (Wildman–Crippen MR) is 60.5 cm³/mol. The maximum Gasteiger partial charge on any atom is 0.313 e. The van der Waals surface area contributed by atoms with E-state index < -0.39 is 4.92 Å². The van der Waals surface area contributed by atoms with Crippen molar-refractivity contribution in [3.63, 3.8) is 0 Å². The van der Waals surface area contributed by atoms with Crippen molar-refractivity contribution in [1.82, 2.24) is 15.0 Å². The number of aliphatic hydroxyl groups excluding tert-OH is 1. The van der Waals surface area contributed by atoms with Crippen LogP contribution < -0.4 is 4.74 Å². The van der Waals surface area contributed by atoms with Gasteiger partial charge in [0.05, 0.1) is 36.2 Å². The number of aromatic nitrogens is 3. The Bertz CT molecular complexity index is 581. The summed E-state index contributed by atoms with van der Waals surface area (Å²) in [5.74, 6) is 0.161. The molecule has 0 spiro atoms. The van der Waals surface area contributed by atoms with Gasteiger partial charge in [-0.1, -0.05) is 5.21 Å². The molecule has 0 aliphatic heterocycles. The molecule has 0 fully saturated rings. The Kier molecular flexibility index (Phi) is 3.20. The number of rotatable bonds is 4. The highest BCUT2D eigenvalue weighted by molar-refractivity contribution is 5.53. The van der Waals surface area contributed by atoms with Gasteiger partial charge in [-0.25, -0.2) is 4.68 Å². The lowest BCUT2D eigenvalue weighted by Crippen LogP contribution is -2.03. The molecule has 0 saturated heterocycles. The third kappa shape index (κ3) is 2.00. The first-order valence-corrected chi connectivity index (χ1v) is 5.00. The number of nitro benzene ring substituents is 1. The molecule has 2 aromatic rings. The van der Waals surface area contributed by atoms with Crippen LogP contribution in [0.2, 0.25) is 0 Å². The van der Waals surface area contributed by atoms with Crippen LogP contribution in [0.25, 0.3) is 5.69 Å². The second kappa shape index (κ2) is 4.80. The number of nitrogens with zero attached hydrogens (tertiary/aromatic N) is 4. The molecule has 0 amide bonds. The first-order valence-electron chi connectivity index (χ1n) is 5.00. The Morgan fingerprint density at radius 1 is 1.56 bits per heavy atom. The fraction of sp³-hybridized carbons (Fsp3) is 0.200. The van der Waals surface area contributed by atoms with E-state index in [2.05, 4.69) is 10.3 Å². The van der Waals surface area contributed by atoms with Crippen LogP contribution in [0.15, 0.2) is 24.4 Å². The van der Waals surface area contributed by atoms with Gasteiger partial charge < -0.3 is 9.84 Å². The number of hydrogen-bond donors (Lipinski definition) is 1. The molecule has 0 radical (unpaired) electrons. The third-order valence-corrected chi connectivity index (χ3v) is 2.39. The van der Waals surface area contributed by atoms with Crippen molar-refractivity contribution in [3.05, 3.63) is 40.2 Å². The lowest BCUT2D eigenvalue weighted by atomic mass is 10.2. The topological polar surface area (TPSA) is 103 Å².